The fourth-order valence-corrected chi connectivity index (χ4v) is 3.20. The Kier molecular flexibility index (Phi) is 7.38. The van der Waals surface area contributed by atoms with E-state index in [4.69, 9.17) is 5.10 Å². The first-order valence-corrected chi connectivity index (χ1v) is 10.5. The summed E-state index contributed by atoms with van der Waals surface area (Å²) in [6.45, 7) is 6.79. The molecule has 0 bridgehead atoms. The summed E-state index contributed by atoms with van der Waals surface area (Å²) in [6.07, 6.45) is 5.19. The lowest BCUT2D eigenvalue weighted by molar-refractivity contribution is -0.132. The molecule has 0 aliphatic carbocycles. The van der Waals surface area contributed by atoms with Crippen molar-refractivity contribution >= 4 is 17.9 Å². The van der Waals surface area contributed by atoms with E-state index >= 15 is 0 Å². The van der Waals surface area contributed by atoms with Crippen LogP contribution in [0.25, 0.3) is 23.0 Å². The zero-order valence-corrected chi connectivity index (χ0v) is 18.2. The number of amides is 2. The maximum atomic E-state index is 12.7. The summed E-state index contributed by atoms with van der Waals surface area (Å²) in [5.74, 6) is -0.376. The Bertz CT molecular complexity index is 1050. The molecule has 6 heteroatoms. The Morgan fingerprint density at radius 3 is 2.42 bits per heavy atom. The third-order valence-electron chi connectivity index (χ3n) is 4.90. The molecule has 6 nitrogen and oxygen atoms in total. The van der Waals surface area contributed by atoms with E-state index < -0.39 is 0 Å². The number of likely N-dealkylation sites (N-methyl/N-ethyl adjacent to an activating group) is 2. The van der Waals surface area contributed by atoms with Gasteiger partial charge in [-0.25, -0.2) is 4.68 Å². The Hall–Kier alpha value is -3.67. The molecule has 0 saturated heterocycles. The normalized spacial score (nSPS) is 10.9. The number of para-hydroxylation sites is 1. The van der Waals surface area contributed by atoms with Crippen molar-refractivity contribution in [2.45, 2.75) is 20.8 Å². The molecule has 0 fully saturated rings. The van der Waals surface area contributed by atoms with E-state index in [-0.39, 0.29) is 18.4 Å². The van der Waals surface area contributed by atoms with Crippen LogP contribution in [-0.4, -0.2) is 46.1 Å². The predicted octanol–water partition coefficient (Wildman–Crippen LogP) is 3.85. The molecule has 1 heterocycles. The molecule has 1 aromatic heterocycles. The summed E-state index contributed by atoms with van der Waals surface area (Å²) < 4.78 is 1.81. The van der Waals surface area contributed by atoms with Crippen molar-refractivity contribution in [3.05, 3.63) is 78.0 Å². The number of aryl methyl sites for hydroxylation is 1. The SMILES string of the molecule is CCNC(=O)CN(CC)C(=O)/C=C/c1cn(-c2ccccc2)nc1-c1ccc(C)cc1. The standard InChI is InChI=1S/C25H28N4O2/c1-4-26-23(30)18-28(5-2)24(31)16-15-21-17-29(22-9-7-6-8-10-22)27-25(21)20-13-11-19(3)12-14-20/h6-17H,4-5,18H2,1-3H3,(H,26,30)/b16-15+. The maximum Gasteiger partial charge on any atom is 0.247 e. The van der Waals surface area contributed by atoms with Crippen LogP contribution in [-0.2, 0) is 9.59 Å². The third kappa shape index (κ3) is 5.69. The number of carbonyl (C=O) groups excluding carboxylic acids is 2. The van der Waals surface area contributed by atoms with Crippen molar-refractivity contribution in [2.75, 3.05) is 19.6 Å². The summed E-state index contributed by atoms with van der Waals surface area (Å²) in [4.78, 5) is 26.1. The van der Waals surface area contributed by atoms with Gasteiger partial charge in [-0.3, -0.25) is 9.59 Å². The topological polar surface area (TPSA) is 67.2 Å². The first-order valence-electron chi connectivity index (χ1n) is 10.5. The number of hydrogen-bond acceptors (Lipinski definition) is 3. The molecule has 2 amide bonds. The van der Waals surface area contributed by atoms with Crippen molar-refractivity contribution in [3.63, 3.8) is 0 Å². The number of aromatic nitrogens is 2. The van der Waals surface area contributed by atoms with Crippen LogP contribution in [0.2, 0.25) is 0 Å². The summed E-state index contributed by atoms with van der Waals surface area (Å²) in [6, 6.07) is 18.0. The summed E-state index contributed by atoms with van der Waals surface area (Å²) in [7, 11) is 0. The first kappa shape index (κ1) is 22.0. The van der Waals surface area contributed by atoms with E-state index in [0.29, 0.717) is 13.1 Å². The van der Waals surface area contributed by atoms with Gasteiger partial charge in [0.25, 0.3) is 0 Å². The number of benzene rings is 2. The van der Waals surface area contributed by atoms with E-state index in [1.807, 2.05) is 86.2 Å². The van der Waals surface area contributed by atoms with Gasteiger partial charge in [0.05, 0.1) is 17.9 Å². The van der Waals surface area contributed by atoms with Gasteiger partial charge < -0.3 is 10.2 Å². The van der Waals surface area contributed by atoms with Gasteiger partial charge in [-0.15, -0.1) is 0 Å². The lowest BCUT2D eigenvalue weighted by Crippen LogP contribution is -2.39. The highest BCUT2D eigenvalue weighted by molar-refractivity contribution is 5.95. The number of nitrogens with one attached hydrogen (secondary N) is 1. The average molecular weight is 417 g/mol. The number of hydrogen-bond donors (Lipinski definition) is 1. The van der Waals surface area contributed by atoms with Crippen LogP contribution in [0, 0.1) is 6.92 Å². The fraction of sp³-hybridized carbons (Fsp3) is 0.240. The van der Waals surface area contributed by atoms with Crippen molar-refractivity contribution in [3.8, 4) is 16.9 Å². The monoisotopic (exact) mass is 416 g/mol. The Balaban J connectivity index is 1.91. The van der Waals surface area contributed by atoms with Gasteiger partial charge in [0, 0.05) is 36.5 Å². The van der Waals surface area contributed by atoms with E-state index in [9.17, 15) is 9.59 Å². The van der Waals surface area contributed by atoms with Crippen LogP contribution in [0.15, 0.2) is 66.9 Å². The molecule has 0 saturated carbocycles. The Morgan fingerprint density at radius 1 is 1.06 bits per heavy atom. The molecule has 1 N–H and O–H groups in total. The molecule has 0 unspecified atom stereocenters. The van der Waals surface area contributed by atoms with Gasteiger partial charge in [-0.05, 0) is 39.0 Å². The zero-order valence-electron chi connectivity index (χ0n) is 18.2. The summed E-state index contributed by atoms with van der Waals surface area (Å²) >= 11 is 0. The Morgan fingerprint density at radius 2 is 1.77 bits per heavy atom. The molecule has 0 aliphatic rings. The van der Waals surface area contributed by atoms with Crippen LogP contribution in [0.3, 0.4) is 0 Å². The minimum Gasteiger partial charge on any atom is -0.355 e. The average Bonchev–Trinajstić information content (AvgIpc) is 3.21. The van der Waals surface area contributed by atoms with Crippen LogP contribution >= 0.6 is 0 Å². The number of nitrogens with zero attached hydrogens (tertiary/aromatic N) is 3. The maximum absolute atomic E-state index is 12.7. The number of carbonyl (C=O) groups is 2. The number of rotatable bonds is 8. The summed E-state index contributed by atoms with van der Waals surface area (Å²) in [5, 5.41) is 7.50. The van der Waals surface area contributed by atoms with Gasteiger partial charge in [-0.2, -0.15) is 5.10 Å². The molecule has 3 aromatic rings. The van der Waals surface area contributed by atoms with Crippen LogP contribution in [0.4, 0.5) is 0 Å². The van der Waals surface area contributed by atoms with Gasteiger partial charge >= 0.3 is 0 Å². The smallest absolute Gasteiger partial charge is 0.247 e. The van der Waals surface area contributed by atoms with Gasteiger partial charge in [-0.1, -0.05) is 48.0 Å². The Labute approximate surface area is 183 Å². The third-order valence-corrected chi connectivity index (χ3v) is 4.90. The van der Waals surface area contributed by atoms with Crippen LogP contribution < -0.4 is 5.32 Å². The highest BCUT2D eigenvalue weighted by atomic mass is 16.2. The van der Waals surface area contributed by atoms with Crippen molar-refractivity contribution in [2.24, 2.45) is 0 Å². The van der Waals surface area contributed by atoms with Crippen LogP contribution in [0.5, 0.6) is 0 Å². The highest BCUT2D eigenvalue weighted by Gasteiger charge is 2.14. The fourth-order valence-electron chi connectivity index (χ4n) is 3.20. The molecule has 0 spiro atoms. The molecule has 0 aliphatic heterocycles. The van der Waals surface area contributed by atoms with Gasteiger partial charge in [0.15, 0.2) is 0 Å². The second-order valence-corrected chi connectivity index (χ2v) is 7.22. The van der Waals surface area contributed by atoms with Gasteiger partial charge in [0.1, 0.15) is 0 Å². The van der Waals surface area contributed by atoms with Gasteiger partial charge in [0.2, 0.25) is 11.8 Å². The van der Waals surface area contributed by atoms with E-state index in [1.54, 1.807) is 6.08 Å². The minimum absolute atomic E-state index is 0.0433. The quantitative estimate of drug-likeness (QED) is 0.567. The zero-order chi connectivity index (χ0) is 22.2. The van der Waals surface area contributed by atoms with Crippen molar-refractivity contribution < 1.29 is 9.59 Å². The second kappa shape index (κ2) is 10.4. The largest absolute Gasteiger partial charge is 0.355 e. The van der Waals surface area contributed by atoms with E-state index in [0.717, 1.165) is 22.5 Å². The molecule has 160 valence electrons. The van der Waals surface area contributed by atoms with E-state index in [2.05, 4.69) is 5.32 Å². The lowest BCUT2D eigenvalue weighted by atomic mass is 10.1. The lowest BCUT2D eigenvalue weighted by Gasteiger charge is -2.18. The molecular weight excluding hydrogens is 388 g/mol. The molecule has 31 heavy (non-hydrogen) atoms. The highest BCUT2D eigenvalue weighted by Crippen LogP contribution is 2.25. The molecular formula is C25H28N4O2. The molecule has 3 rings (SSSR count). The van der Waals surface area contributed by atoms with Crippen LogP contribution in [0.1, 0.15) is 25.0 Å². The van der Waals surface area contributed by atoms with E-state index in [1.165, 1.54) is 16.5 Å². The van der Waals surface area contributed by atoms with Crippen molar-refractivity contribution in [1.82, 2.24) is 20.0 Å². The minimum atomic E-state index is -0.212. The molecule has 0 radical (unpaired) electrons. The molecule has 2 aromatic carbocycles. The second-order valence-electron chi connectivity index (χ2n) is 7.22. The first-order chi connectivity index (χ1) is 15.0. The molecule has 0 atom stereocenters. The van der Waals surface area contributed by atoms with Crippen molar-refractivity contribution in [1.29, 1.82) is 0 Å². The predicted molar refractivity (Wildman–Crippen MR) is 124 cm³/mol. The summed E-state index contributed by atoms with van der Waals surface area (Å²) in [5.41, 5.74) is 4.70.